The number of aromatic nitrogens is 4. The first-order valence-electron chi connectivity index (χ1n) is 9.55. The number of carbonyl (C=O) groups is 1. The van der Waals surface area contributed by atoms with Crippen molar-refractivity contribution >= 4 is 28.3 Å². The zero-order chi connectivity index (χ0) is 20.0. The standard InChI is InChI=1S/C21H20N6O2/c22-19-9-18(14-4-6-17(21(28)29)24-10-14)26-20-15(11-25-27(19)20)12-3-5-16-13(8-12)2-1-7-23-16/h1-3,5,7-9,11,14,17,24H,4,6,10,22H2,(H,28,29). The molecule has 0 bridgehead atoms. The van der Waals surface area contributed by atoms with E-state index in [0.29, 0.717) is 24.4 Å². The Hall–Kier alpha value is -3.52. The number of hydrogen-bond acceptors (Lipinski definition) is 6. The molecule has 1 aliphatic rings. The van der Waals surface area contributed by atoms with Gasteiger partial charge in [0.25, 0.3) is 0 Å². The Balaban J connectivity index is 1.55. The molecule has 0 radical (unpaired) electrons. The predicted molar refractivity (Wildman–Crippen MR) is 110 cm³/mol. The van der Waals surface area contributed by atoms with Crippen LogP contribution in [-0.2, 0) is 4.79 Å². The van der Waals surface area contributed by atoms with Crippen LogP contribution in [-0.4, -0.2) is 43.2 Å². The molecule has 2 unspecified atom stereocenters. The van der Waals surface area contributed by atoms with Crippen molar-refractivity contribution in [1.29, 1.82) is 0 Å². The summed E-state index contributed by atoms with van der Waals surface area (Å²) in [4.78, 5) is 20.4. The number of hydrogen-bond donors (Lipinski definition) is 3. The summed E-state index contributed by atoms with van der Waals surface area (Å²) in [7, 11) is 0. The molecule has 1 aliphatic heterocycles. The average Bonchev–Trinajstić information content (AvgIpc) is 3.18. The Bertz CT molecular complexity index is 1230. The molecule has 3 aromatic heterocycles. The highest BCUT2D eigenvalue weighted by molar-refractivity contribution is 5.87. The van der Waals surface area contributed by atoms with Crippen molar-refractivity contribution in [2.45, 2.75) is 24.8 Å². The highest BCUT2D eigenvalue weighted by Gasteiger charge is 2.27. The molecule has 8 heteroatoms. The van der Waals surface area contributed by atoms with Gasteiger partial charge in [0, 0.05) is 35.7 Å². The number of rotatable bonds is 3. The minimum absolute atomic E-state index is 0.112. The van der Waals surface area contributed by atoms with Crippen LogP contribution in [0.3, 0.4) is 0 Å². The molecule has 5 rings (SSSR count). The lowest BCUT2D eigenvalue weighted by molar-refractivity contribution is -0.140. The lowest BCUT2D eigenvalue weighted by Crippen LogP contribution is -2.43. The number of fused-ring (bicyclic) bond motifs is 2. The Morgan fingerprint density at radius 3 is 2.93 bits per heavy atom. The van der Waals surface area contributed by atoms with Gasteiger partial charge in [0.05, 0.1) is 17.4 Å². The second-order valence-electron chi connectivity index (χ2n) is 7.38. The maximum Gasteiger partial charge on any atom is 0.320 e. The van der Waals surface area contributed by atoms with Crippen LogP contribution in [0.1, 0.15) is 24.5 Å². The number of carboxylic acids is 1. The zero-order valence-electron chi connectivity index (χ0n) is 15.6. The van der Waals surface area contributed by atoms with E-state index in [0.717, 1.165) is 34.1 Å². The zero-order valence-corrected chi connectivity index (χ0v) is 15.6. The number of benzene rings is 1. The largest absolute Gasteiger partial charge is 0.480 e. The van der Waals surface area contributed by atoms with Gasteiger partial charge in [-0.2, -0.15) is 9.61 Å². The van der Waals surface area contributed by atoms with E-state index in [1.54, 1.807) is 16.9 Å². The second kappa shape index (κ2) is 6.82. The summed E-state index contributed by atoms with van der Waals surface area (Å²) in [6.07, 6.45) is 4.87. The molecule has 1 saturated heterocycles. The summed E-state index contributed by atoms with van der Waals surface area (Å²) in [5, 5.41) is 17.7. The van der Waals surface area contributed by atoms with Crippen LogP contribution in [0.15, 0.2) is 48.8 Å². The minimum atomic E-state index is -0.810. The average molecular weight is 388 g/mol. The van der Waals surface area contributed by atoms with E-state index in [1.807, 2.05) is 30.3 Å². The molecule has 4 heterocycles. The number of nitrogen functional groups attached to an aromatic ring is 1. The lowest BCUT2D eigenvalue weighted by Gasteiger charge is -2.27. The van der Waals surface area contributed by atoms with Crippen LogP contribution in [0.25, 0.3) is 27.7 Å². The quantitative estimate of drug-likeness (QED) is 0.493. The van der Waals surface area contributed by atoms with Gasteiger partial charge in [0.15, 0.2) is 5.65 Å². The number of piperidine rings is 1. The molecule has 29 heavy (non-hydrogen) atoms. The summed E-state index contributed by atoms with van der Waals surface area (Å²) in [5.74, 6) is -0.184. The van der Waals surface area contributed by atoms with Gasteiger partial charge in [-0.15, -0.1) is 0 Å². The molecule has 146 valence electrons. The smallest absolute Gasteiger partial charge is 0.320 e. The third-order valence-electron chi connectivity index (χ3n) is 5.56. The van der Waals surface area contributed by atoms with Gasteiger partial charge in [-0.25, -0.2) is 4.98 Å². The summed E-state index contributed by atoms with van der Waals surface area (Å²) >= 11 is 0. The van der Waals surface area contributed by atoms with Crippen molar-refractivity contribution in [2.75, 3.05) is 12.3 Å². The monoisotopic (exact) mass is 388 g/mol. The van der Waals surface area contributed by atoms with Gasteiger partial charge >= 0.3 is 5.97 Å². The van der Waals surface area contributed by atoms with Crippen molar-refractivity contribution in [3.63, 3.8) is 0 Å². The number of nitrogens with one attached hydrogen (secondary N) is 1. The normalized spacial score (nSPS) is 19.6. The molecule has 1 aromatic carbocycles. The van der Waals surface area contributed by atoms with Crippen LogP contribution in [0, 0.1) is 0 Å². The van der Waals surface area contributed by atoms with Gasteiger partial charge in [-0.1, -0.05) is 12.1 Å². The van der Waals surface area contributed by atoms with Gasteiger partial charge < -0.3 is 16.2 Å². The lowest BCUT2D eigenvalue weighted by atomic mass is 9.92. The number of aliphatic carboxylic acids is 1. The van der Waals surface area contributed by atoms with Gasteiger partial charge in [0.1, 0.15) is 11.9 Å². The Kier molecular flexibility index (Phi) is 4.13. The van der Waals surface area contributed by atoms with Crippen molar-refractivity contribution in [3.8, 4) is 11.1 Å². The highest BCUT2D eigenvalue weighted by atomic mass is 16.4. The van der Waals surface area contributed by atoms with E-state index in [4.69, 9.17) is 10.7 Å². The molecule has 8 nitrogen and oxygen atoms in total. The third kappa shape index (κ3) is 3.07. The van der Waals surface area contributed by atoms with Crippen molar-refractivity contribution in [3.05, 3.63) is 54.5 Å². The molecule has 0 aliphatic carbocycles. The number of anilines is 1. The summed E-state index contributed by atoms with van der Waals surface area (Å²) in [6.45, 7) is 0.560. The fraction of sp³-hybridized carbons (Fsp3) is 0.238. The van der Waals surface area contributed by atoms with Crippen LogP contribution >= 0.6 is 0 Å². The van der Waals surface area contributed by atoms with Crippen LogP contribution in [0.4, 0.5) is 5.82 Å². The number of carboxylic acid groups (broad SMARTS) is 1. The number of pyridine rings is 1. The molecule has 0 saturated carbocycles. The fourth-order valence-corrected chi connectivity index (χ4v) is 3.98. The number of nitrogens with two attached hydrogens (primary N) is 1. The van der Waals surface area contributed by atoms with Gasteiger partial charge in [-0.3, -0.25) is 9.78 Å². The molecule has 0 amide bonds. The van der Waals surface area contributed by atoms with Crippen molar-refractivity contribution < 1.29 is 9.90 Å². The van der Waals surface area contributed by atoms with E-state index in [9.17, 15) is 9.90 Å². The SMILES string of the molecule is Nc1cc(C2CCC(C(=O)O)NC2)nc2c(-c3ccc4ncccc4c3)cnn12. The fourth-order valence-electron chi connectivity index (χ4n) is 3.98. The summed E-state index contributed by atoms with van der Waals surface area (Å²) < 4.78 is 1.64. The Morgan fingerprint density at radius 2 is 2.14 bits per heavy atom. The Morgan fingerprint density at radius 1 is 1.24 bits per heavy atom. The first-order valence-corrected chi connectivity index (χ1v) is 9.55. The molecule has 4 aromatic rings. The molecular formula is C21H20N6O2. The van der Waals surface area contributed by atoms with Crippen LogP contribution in [0.5, 0.6) is 0 Å². The maximum absolute atomic E-state index is 11.2. The number of nitrogens with zero attached hydrogens (tertiary/aromatic N) is 4. The van der Waals surface area contributed by atoms with Crippen LogP contribution in [0.2, 0.25) is 0 Å². The van der Waals surface area contributed by atoms with E-state index in [-0.39, 0.29) is 5.92 Å². The second-order valence-corrected chi connectivity index (χ2v) is 7.38. The highest BCUT2D eigenvalue weighted by Crippen LogP contribution is 2.30. The van der Waals surface area contributed by atoms with E-state index in [2.05, 4.69) is 21.5 Å². The molecule has 4 N–H and O–H groups in total. The molecular weight excluding hydrogens is 368 g/mol. The van der Waals surface area contributed by atoms with E-state index in [1.165, 1.54) is 0 Å². The van der Waals surface area contributed by atoms with Crippen molar-refractivity contribution in [1.82, 2.24) is 24.9 Å². The predicted octanol–water partition coefficient (Wildman–Crippen LogP) is 2.45. The Labute approximate surface area is 166 Å². The van der Waals surface area contributed by atoms with Crippen molar-refractivity contribution in [2.24, 2.45) is 0 Å². The van der Waals surface area contributed by atoms with Crippen LogP contribution < -0.4 is 11.1 Å². The first-order chi connectivity index (χ1) is 14.1. The summed E-state index contributed by atoms with van der Waals surface area (Å²) in [5.41, 5.74) is 10.6. The van der Waals surface area contributed by atoms with E-state index < -0.39 is 12.0 Å². The van der Waals surface area contributed by atoms with Gasteiger partial charge in [0.2, 0.25) is 0 Å². The first kappa shape index (κ1) is 17.6. The molecule has 2 atom stereocenters. The maximum atomic E-state index is 11.2. The van der Waals surface area contributed by atoms with E-state index >= 15 is 0 Å². The van der Waals surface area contributed by atoms with Gasteiger partial charge in [-0.05, 0) is 36.6 Å². The minimum Gasteiger partial charge on any atom is -0.480 e. The topological polar surface area (TPSA) is 118 Å². The third-order valence-corrected chi connectivity index (χ3v) is 5.56. The summed E-state index contributed by atoms with van der Waals surface area (Å²) in [6, 6.07) is 11.3. The molecule has 1 fully saturated rings. The molecule has 0 spiro atoms.